The number of nitrogens with zero attached hydrogens (tertiary/aromatic N) is 3. The third-order valence-corrected chi connectivity index (χ3v) is 5.06. The summed E-state index contributed by atoms with van der Waals surface area (Å²) in [5.74, 6) is -0.364. The minimum atomic E-state index is -0.311. The number of benzene rings is 1. The molecule has 146 valence electrons. The topological polar surface area (TPSA) is 82.2 Å². The Morgan fingerprint density at radius 2 is 1.89 bits per heavy atom. The molecule has 0 spiro atoms. The Hall–Kier alpha value is -2.61. The molecule has 2 heterocycles. The number of hydrogen-bond acceptors (Lipinski definition) is 5. The van der Waals surface area contributed by atoms with Gasteiger partial charge in [-0.05, 0) is 18.6 Å². The number of urea groups is 1. The van der Waals surface area contributed by atoms with Crippen LogP contribution >= 0.6 is 0 Å². The lowest BCUT2D eigenvalue weighted by Gasteiger charge is -2.30. The van der Waals surface area contributed by atoms with E-state index in [4.69, 9.17) is 4.74 Å². The molecule has 27 heavy (non-hydrogen) atoms. The van der Waals surface area contributed by atoms with E-state index in [1.807, 2.05) is 30.3 Å². The molecule has 0 bridgehead atoms. The van der Waals surface area contributed by atoms with Gasteiger partial charge in [0.2, 0.25) is 5.91 Å². The summed E-state index contributed by atoms with van der Waals surface area (Å²) in [4.78, 5) is 42.3. The van der Waals surface area contributed by atoms with Crippen LogP contribution in [0.2, 0.25) is 0 Å². The van der Waals surface area contributed by atoms with Crippen LogP contribution in [0.4, 0.5) is 10.5 Å². The van der Waals surface area contributed by atoms with Crippen LogP contribution in [0.1, 0.15) is 12.8 Å². The Morgan fingerprint density at radius 3 is 2.56 bits per heavy atom. The lowest BCUT2D eigenvalue weighted by atomic mass is 10.1. The second-order valence-electron chi connectivity index (χ2n) is 6.76. The summed E-state index contributed by atoms with van der Waals surface area (Å²) < 4.78 is 4.72. The summed E-state index contributed by atoms with van der Waals surface area (Å²) in [5.41, 5.74) is 0.794. The first-order chi connectivity index (χ1) is 13.1. The van der Waals surface area contributed by atoms with Crippen molar-refractivity contribution < 1.29 is 19.1 Å². The summed E-state index contributed by atoms with van der Waals surface area (Å²) >= 11 is 0. The van der Waals surface area contributed by atoms with Crippen molar-refractivity contribution >= 4 is 23.6 Å². The largest absolute Gasteiger partial charge is 0.469 e. The van der Waals surface area contributed by atoms with Crippen molar-refractivity contribution in [2.45, 2.75) is 18.9 Å². The molecule has 3 rings (SSSR count). The van der Waals surface area contributed by atoms with E-state index in [9.17, 15) is 14.4 Å². The highest BCUT2D eigenvalue weighted by atomic mass is 16.5. The van der Waals surface area contributed by atoms with Gasteiger partial charge in [-0.2, -0.15) is 0 Å². The second kappa shape index (κ2) is 8.85. The van der Waals surface area contributed by atoms with Crippen LogP contribution in [0.3, 0.4) is 0 Å². The molecule has 0 saturated carbocycles. The van der Waals surface area contributed by atoms with E-state index in [2.05, 4.69) is 5.32 Å². The first-order valence-electron chi connectivity index (χ1n) is 9.28. The number of para-hydroxylation sites is 1. The summed E-state index contributed by atoms with van der Waals surface area (Å²) in [6, 6.07) is 8.99. The highest BCUT2D eigenvalue weighted by Crippen LogP contribution is 2.26. The standard InChI is InChI=1S/C19H26N4O4/c1-27-18(25)8-7-16-13-22(15-5-3-2-4-6-15)19(26)23(16)14-17(24)21-11-9-20-10-12-21/h2-6,16,20H,7-14H2,1H3. The van der Waals surface area contributed by atoms with E-state index in [0.717, 1.165) is 18.8 Å². The second-order valence-corrected chi connectivity index (χ2v) is 6.76. The lowest BCUT2D eigenvalue weighted by Crippen LogP contribution is -2.51. The Bertz CT molecular complexity index is 676. The number of carbonyl (C=O) groups excluding carboxylic acids is 3. The monoisotopic (exact) mass is 374 g/mol. The number of hydrogen-bond donors (Lipinski definition) is 1. The number of anilines is 1. The van der Waals surface area contributed by atoms with Crippen molar-refractivity contribution in [1.82, 2.24) is 15.1 Å². The first kappa shape index (κ1) is 19.2. The van der Waals surface area contributed by atoms with E-state index >= 15 is 0 Å². The molecule has 2 saturated heterocycles. The number of nitrogens with one attached hydrogen (secondary N) is 1. The van der Waals surface area contributed by atoms with Gasteiger partial charge in [0.1, 0.15) is 6.54 Å². The molecule has 0 aromatic heterocycles. The van der Waals surface area contributed by atoms with Crippen molar-refractivity contribution in [1.29, 1.82) is 0 Å². The lowest BCUT2D eigenvalue weighted by molar-refractivity contribution is -0.140. The van der Waals surface area contributed by atoms with E-state index in [0.29, 0.717) is 26.1 Å². The number of esters is 1. The van der Waals surface area contributed by atoms with Gasteiger partial charge in [0.25, 0.3) is 0 Å². The van der Waals surface area contributed by atoms with E-state index in [-0.39, 0.29) is 36.9 Å². The molecule has 3 amide bonds. The van der Waals surface area contributed by atoms with E-state index in [1.165, 1.54) is 7.11 Å². The summed E-state index contributed by atoms with van der Waals surface area (Å²) in [6.45, 7) is 3.32. The van der Waals surface area contributed by atoms with Crippen LogP contribution in [-0.4, -0.2) is 80.1 Å². The summed E-state index contributed by atoms with van der Waals surface area (Å²) in [5, 5.41) is 3.21. The highest BCUT2D eigenvalue weighted by molar-refractivity contribution is 5.97. The maximum atomic E-state index is 13.0. The Morgan fingerprint density at radius 1 is 1.19 bits per heavy atom. The average Bonchev–Trinajstić information content (AvgIpc) is 3.03. The molecule has 1 N–H and O–H groups in total. The quantitative estimate of drug-likeness (QED) is 0.741. The molecule has 1 atom stereocenters. The Labute approximate surface area is 159 Å². The third-order valence-electron chi connectivity index (χ3n) is 5.06. The van der Waals surface area contributed by atoms with Gasteiger partial charge in [-0.15, -0.1) is 0 Å². The maximum Gasteiger partial charge on any atom is 0.325 e. The van der Waals surface area contributed by atoms with Crippen molar-refractivity contribution in [3.05, 3.63) is 30.3 Å². The maximum absolute atomic E-state index is 13.0. The number of amides is 3. The molecular formula is C19H26N4O4. The Balaban J connectivity index is 1.72. The van der Waals surface area contributed by atoms with Crippen LogP contribution in [-0.2, 0) is 14.3 Å². The number of methoxy groups -OCH3 is 1. The fraction of sp³-hybridized carbons (Fsp3) is 0.526. The fourth-order valence-electron chi connectivity index (χ4n) is 3.51. The molecule has 1 unspecified atom stereocenters. The van der Waals surface area contributed by atoms with Crippen molar-refractivity contribution in [3.63, 3.8) is 0 Å². The minimum Gasteiger partial charge on any atom is -0.469 e. The predicted octanol–water partition coefficient (Wildman–Crippen LogP) is 0.682. The first-order valence-corrected chi connectivity index (χ1v) is 9.28. The smallest absolute Gasteiger partial charge is 0.325 e. The fourth-order valence-corrected chi connectivity index (χ4v) is 3.51. The number of piperazine rings is 1. The Kier molecular flexibility index (Phi) is 6.28. The highest BCUT2D eigenvalue weighted by Gasteiger charge is 2.39. The molecule has 1 aromatic rings. The van der Waals surface area contributed by atoms with Gasteiger partial charge in [0.15, 0.2) is 0 Å². The molecular weight excluding hydrogens is 348 g/mol. The summed E-state index contributed by atoms with van der Waals surface area (Å²) in [7, 11) is 1.35. The molecule has 1 aromatic carbocycles. The molecule has 8 nitrogen and oxygen atoms in total. The molecule has 0 radical (unpaired) electrons. The zero-order valence-corrected chi connectivity index (χ0v) is 15.6. The van der Waals surface area contributed by atoms with Crippen molar-refractivity contribution in [3.8, 4) is 0 Å². The van der Waals surface area contributed by atoms with Gasteiger partial charge in [-0.25, -0.2) is 4.79 Å². The van der Waals surface area contributed by atoms with Gasteiger partial charge in [-0.3, -0.25) is 14.5 Å². The molecule has 8 heteroatoms. The van der Waals surface area contributed by atoms with Crippen LogP contribution in [0.5, 0.6) is 0 Å². The van der Waals surface area contributed by atoms with E-state index < -0.39 is 0 Å². The van der Waals surface area contributed by atoms with Gasteiger partial charge >= 0.3 is 12.0 Å². The van der Waals surface area contributed by atoms with Crippen LogP contribution < -0.4 is 10.2 Å². The minimum absolute atomic E-state index is 0.0357. The number of ether oxygens (including phenoxy) is 1. The third kappa shape index (κ3) is 4.57. The van der Waals surface area contributed by atoms with Gasteiger partial charge < -0.3 is 19.9 Å². The average molecular weight is 374 g/mol. The summed E-state index contributed by atoms with van der Waals surface area (Å²) in [6.07, 6.45) is 0.686. The molecule has 2 aliphatic heterocycles. The van der Waals surface area contributed by atoms with Gasteiger partial charge in [0.05, 0.1) is 13.2 Å². The number of carbonyl (C=O) groups is 3. The normalized spacial score (nSPS) is 20.1. The van der Waals surface area contributed by atoms with Gasteiger partial charge in [-0.1, -0.05) is 18.2 Å². The predicted molar refractivity (Wildman–Crippen MR) is 100 cm³/mol. The zero-order valence-electron chi connectivity index (χ0n) is 15.6. The van der Waals surface area contributed by atoms with Gasteiger partial charge in [0, 0.05) is 44.8 Å². The van der Waals surface area contributed by atoms with Crippen molar-refractivity contribution in [2.75, 3.05) is 51.3 Å². The van der Waals surface area contributed by atoms with Crippen molar-refractivity contribution in [2.24, 2.45) is 0 Å². The van der Waals surface area contributed by atoms with Crippen LogP contribution in [0.15, 0.2) is 30.3 Å². The van der Waals surface area contributed by atoms with E-state index in [1.54, 1.807) is 14.7 Å². The SMILES string of the molecule is COC(=O)CCC1CN(c2ccccc2)C(=O)N1CC(=O)N1CCNCC1. The van der Waals surface area contributed by atoms with Crippen LogP contribution in [0, 0.1) is 0 Å². The zero-order chi connectivity index (χ0) is 19.2. The molecule has 2 fully saturated rings. The van der Waals surface area contributed by atoms with Crippen LogP contribution in [0.25, 0.3) is 0 Å². The number of rotatable bonds is 6. The molecule has 0 aliphatic carbocycles. The molecule has 2 aliphatic rings.